The van der Waals surface area contributed by atoms with E-state index in [0.29, 0.717) is 16.3 Å². The van der Waals surface area contributed by atoms with Crippen molar-refractivity contribution in [2.24, 2.45) is 0 Å². The summed E-state index contributed by atoms with van der Waals surface area (Å²) in [6, 6.07) is 11.0. The average Bonchev–Trinajstić information content (AvgIpc) is 2.38. The number of halogens is 1. The highest BCUT2D eigenvalue weighted by Crippen LogP contribution is 2.26. The predicted octanol–water partition coefficient (Wildman–Crippen LogP) is 3.71. The van der Waals surface area contributed by atoms with Gasteiger partial charge in [0.05, 0.1) is 10.8 Å². The highest BCUT2D eigenvalue weighted by atomic mass is 35.5. The Morgan fingerprint density at radius 2 is 2.06 bits per heavy atom. The van der Waals surface area contributed by atoms with E-state index in [9.17, 15) is 4.79 Å². The number of carbonyl (C=O) groups is 1. The quantitative estimate of drug-likeness (QED) is 0.622. The van der Waals surface area contributed by atoms with Gasteiger partial charge in [0.1, 0.15) is 0 Å². The van der Waals surface area contributed by atoms with E-state index in [0.717, 1.165) is 4.90 Å². The van der Waals surface area contributed by atoms with E-state index in [1.165, 1.54) is 11.8 Å². The minimum atomic E-state index is 0.0584. The number of aromatic nitrogens is 1. The maximum Gasteiger partial charge on any atom is 0.174 e. The summed E-state index contributed by atoms with van der Waals surface area (Å²) in [7, 11) is 0. The molecule has 2 aromatic rings. The molecule has 0 saturated heterocycles. The van der Waals surface area contributed by atoms with E-state index >= 15 is 0 Å². The molecule has 2 nitrogen and oxygen atoms in total. The van der Waals surface area contributed by atoms with Crippen molar-refractivity contribution in [3.05, 3.63) is 59.4 Å². The van der Waals surface area contributed by atoms with Crippen molar-refractivity contribution in [1.82, 2.24) is 4.98 Å². The summed E-state index contributed by atoms with van der Waals surface area (Å²) >= 11 is 7.45. The fraction of sp³-hybridized carbons (Fsp3) is 0.0769. The normalized spacial score (nSPS) is 10.2. The molecule has 0 aliphatic carbocycles. The number of thioether (sulfide) groups is 1. The molecule has 0 radical (unpaired) electrons. The van der Waals surface area contributed by atoms with Gasteiger partial charge in [0, 0.05) is 22.9 Å². The highest BCUT2D eigenvalue weighted by molar-refractivity contribution is 8.00. The molecule has 1 aromatic carbocycles. The second kappa shape index (κ2) is 5.84. The van der Waals surface area contributed by atoms with Gasteiger partial charge in [-0.25, -0.2) is 0 Å². The minimum absolute atomic E-state index is 0.0584. The number of rotatable bonds is 4. The second-order valence-electron chi connectivity index (χ2n) is 3.38. The molecule has 0 fully saturated rings. The minimum Gasteiger partial charge on any atom is -0.293 e. The Bertz CT molecular complexity index is 516. The molecule has 0 amide bonds. The van der Waals surface area contributed by atoms with Crippen LogP contribution in [0, 0.1) is 0 Å². The van der Waals surface area contributed by atoms with Crippen molar-refractivity contribution < 1.29 is 4.79 Å². The highest BCUT2D eigenvalue weighted by Gasteiger charge is 2.07. The van der Waals surface area contributed by atoms with Crippen LogP contribution in [-0.2, 0) is 0 Å². The molecule has 1 aromatic heterocycles. The zero-order valence-corrected chi connectivity index (χ0v) is 10.5. The number of pyridine rings is 1. The molecule has 86 valence electrons. The van der Waals surface area contributed by atoms with Gasteiger partial charge in [0.2, 0.25) is 0 Å². The number of hydrogen-bond acceptors (Lipinski definition) is 3. The Labute approximate surface area is 109 Å². The molecule has 1 heterocycles. The Kier molecular flexibility index (Phi) is 4.18. The van der Waals surface area contributed by atoms with Crippen molar-refractivity contribution in [3.63, 3.8) is 0 Å². The molecule has 0 atom stereocenters. The Morgan fingerprint density at radius 3 is 2.76 bits per heavy atom. The van der Waals surface area contributed by atoms with Gasteiger partial charge in [-0.2, -0.15) is 0 Å². The number of ketones is 1. The fourth-order valence-electron chi connectivity index (χ4n) is 1.32. The van der Waals surface area contributed by atoms with E-state index < -0.39 is 0 Å². The third-order valence-electron chi connectivity index (χ3n) is 2.18. The summed E-state index contributed by atoms with van der Waals surface area (Å²) in [6.45, 7) is 0. The van der Waals surface area contributed by atoms with Crippen LogP contribution < -0.4 is 0 Å². The molecule has 0 spiro atoms. The average molecular weight is 264 g/mol. The number of carbonyl (C=O) groups excluding carboxylic acids is 1. The van der Waals surface area contributed by atoms with Crippen LogP contribution in [-0.4, -0.2) is 16.5 Å². The number of benzene rings is 1. The van der Waals surface area contributed by atoms with Crippen molar-refractivity contribution in [2.75, 3.05) is 5.75 Å². The lowest BCUT2D eigenvalue weighted by molar-refractivity contribution is 0.102. The second-order valence-corrected chi connectivity index (χ2v) is 4.81. The lowest BCUT2D eigenvalue weighted by Crippen LogP contribution is -2.02. The molecular formula is C13H10ClNOS. The first kappa shape index (κ1) is 12.1. The number of nitrogens with zero attached hydrogens (tertiary/aromatic N) is 1. The van der Waals surface area contributed by atoms with Crippen LogP contribution in [0.1, 0.15) is 10.4 Å². The van der Waals surface area contributed by atoms with Crippen molar-refractivity contribution in [2.45, 2.75) is 4.90 Å². The summed E-state index contributed by atoms with van der Waals surface area (Å²) in [4.78, 5) is 16.7. The SMILES string of the molecule is O=C(CSc1ccccc1Cl)c1cccnc1. The predicted molar refractivity (Wildman–Crippen MR) is 70.7 cm³/mol. The van der Waals surface area contributed by atoms with Crippen LogP contribution in [0.5, 0.6) is 0 Å². The lowest BCUT2D eigenvalue weighted by Gasteiger charge is -2.03. The summed E-state index contributed by atoms with van der Waals surface area (Å²) in [5.41, 5.74) is 0.632. The Morgan fingerprint density at radius 1 is 1.24 bits per heavy atom. The zero-order chi connectivity index (χ0) is 12.1. The molecule has 0 N–H and O–H groups in total. The first-order valence-electron chi connectivity index (χ1n) is 5.08. The van der Waals surface area contributed by atoms with Crippen LogP contribution in [0.2, 0.25) is 5.02 Å². The summed E-state index contributed by atoms with van der Waals surface area (Å²) in [5, 5.41) is 0.677. The standard InChI is InChI=1S/C13H10ClNOS/c14-11-5-1-2-6-13(11)17-9-12(16)10-4-3-7-15-8-10/h1-8H,9H2. The first-order valence-corrected chi connectivity index (χ1v) is 6.44. The van der Waals surface area contributed by atoms with E-state index in [4.69, 9.17) is 11.6 Å². The van der Waals surface area contributed by atoms with Gasteiger partial charge >= 0.3 is 0 Å². The summed E-state index contributed by atoms with van der Waals surface area (Å²) < 4.78 is 0. The molecule has 0 bridgehead atoms. The van der Waals surface area contributed by atoms with Crippen LogP contribution >= 0.6 is 23.4 Å². The Balaban J connectivity index is 2.00. The van der Waals surface area contributed by atoms with Gasteiger partial charge in [-0.3, -0.25) is 9.78 Å². The van der Waals surface area contributed by atoms with Gasteiger partial charge in [-0.15, -0.1) is 11.8 Å². The molecule has 4 heteroatoms. The fourth-order valence-corrected chi connectivity index (χ4v) is 2.45. The zero-order valence-electron chi connectivity index (χ0n) is 8.97. The third-order valence-corrected chi connectivity index (χ3v) is 3.69. The molecule has 2 rings (SSSR count). The molecule has 0 aliphatic heterocycles. The summed E-state index contributed by atoms with van der Waals surface area (Å²) in [5.74, 6) is 0.429. The monoisotopic (exact) mass is 263 g/mol. The van der Waals surface area contributed by atoms with Crippen molar-refractivity contribution >= 4 is 29.1 Å². The molecule has 17 heavy (non-hydrogen) atoms. The largest absolute Gasteiger partial charge is 0.293 e. The van der Waals surface area contributed by atoms with Crippen molar-refractivity contribution in [1.29, 1.82) is 0 Å². The van der Waals surface area contributed by atoms with E-state index in [-0.39, 0.29) is 5.78 Å². The Hall–Kier alpha value is -1.32. The molecule has 0 unspecified atom stereocenters. The van der Waals surface area contributed by atoms with Crippen LogP contribution in [0.15, 0.2) is 53.7 Å². The van der Waals surface area contributed by atoms with Gasteiger partial charge < -0.3 is 0 Å². The van der Waals surface area contributed by atoms with Gasteiger partial charge in [0.25, 0.3) is 0 Å². The van der Waals surface area contributed by atoms with Crippen LogP contribution in [0.25, 0.3) is 0 Å². The van der Waals surface area contributed by atoms with Crippen LogP contribution in [0.3, 0.4) is 0 Å². The lowest BCUT2D eigenvalue weighted by atomic mass is 10.2. The number of hydrogen-bond donors (Lipinski definition) is 0. The maximum atomic E-state index is 11.8. The topological polar surface area (TPSA) is 30.0 Å². The molecule has 0 aliphatic rings. The van der Waals surface area contributed by atoms with Crippen molar-refractivity contribution in [3.8, 4) is 0 Å². The first-order chi connectivity index (χ1) is 8.27. The smallest absolute Gasteiger partial charge is 0.174 e. The van der Waals surface area contributed by atoms with E-state index in [1.807, 2.05) is 24.3 Å². The summed E-state index contributed by atoms with van der Waals surface area (Å²) in [6.07, 6.45) is 3.23. The van der Waals surface area contributed by atoms with Gasteiger partial charge in [-0.1, -0.05) is 23.7 Å². The van der Waals surface area contributed by atoms with Gasteiger partial charge in [0.15, 0.2) is 5.78 Å². The van der Waals surface area contributed by atoms with Crippen LogP contribution in [0.4, 0.5) is 0 Å². The van der Waals surface area contributed by atoms with E-state index in [2.05, 4.69) is 4.98 Å². The van der Waals surface area contributed by atoms with E-state index in [1.54, 1.807) is 24.5 Å². The maximum absolute atomic E-state index is 11.8. The molecular weight excluding hydrogens is 254 g/mol. The third kappa shape index (κ3) is 3.32. The van der Waals surface area contributed by atoms with Gasteiger partial charge in [-0.05, 0) is 24.3 Å². The number of Topliss-reactive ketones (excluding diaryl/α,β-unsaturated/α-hetero) is 1. The molecule has 0 saturated carbocycles.